The number of hydrogen-bond acceptors (Lipinski definition) is 4. The van der Waals surface area contributed by atoms with Crippen molar-refractivity contribution in [2.45, 2.75) is 13.0 Å². The Morgan fingerprint density at radius 1 is 1.54 bits per heavy atom. The van der Waals surface area contributed by atoms with Crippen molar-refractivity contribution in [3.8, 4) is 11.5 Å². The molecule has 0 aliphatic heterocycles. The van der Waals surface area contributed by atoms with Gasteiger partial charge in [0.1, 0.15) is 0 Å². The predicted octanol–water partition coefficient (Wildman–Crippen LogP) is 0.925. The second-order valence-electron chi connectivity index (χ2n) is 2.82. The Balaban J connectivity index is 2.99. The maximum Gasteiger partial charge on any atom is 0.160 e. The normalized spacial score (nSPS) is 12.5. The third-order valence-corrected chi connectivity index (χ3v) is 1.95. The second kappa shape index (κ2) is 4.11. The lowest BCUT2D eigenvalue weighted by atomic mass is 10.1. The number of aromatic hydroxyl groups is 1. The molecule has 0 bridgehead atoms. The quantitative estimate of drug-likeness (QED) is 0.480. The van der Waals surface area contributed by atoms with Crippen molar-refractivity contribution in [3.05, 3.63) is 23.8 Å². The average molecular weight is 182 g/mol. The highest BCUT2D eigenvalue weighted by Crippen LogP contribution is 2.28. The third kappa shape index (κ3) is 2.11. The van der Waals surface area contributed by atoms with E-state index in [0.717, 1.165) is 5.56 Å². The van der Waals surface area contributed by atoms with Crippen molar-refractivity contribution in [1.82, 2.24) is 5.43 Å². The molecule has 0 amide bonds. The molecular weight excluding hydrogens is 168 g/mol. The van der Waals surface area contributed by atoms with E-state index in [0.29, 0.717) is 5.75 Å². The van der Waals surface area contributed by atoms with Crippen molar-refractivity contribution in [2.24, 2.45) is 5.84 Å². The highest BCUT2D eigenvalue weighted by molar-refractivity contribution is 5.42. The Kier molecular flexibility index (Phi) is 3.11. The predicted molar refractivity (Wildman–Crippen MR) is 50.4 cm³/mol. The molecule has 1 rings (SSSR count). The van der Waals surface area contributed by atoms with Gasteiger partial charge in [-0.2, -0.15) is 0 Å². The van der Waals surface area contributed by atoms with E-state index >= 15 is 0 Å². The van der Waals surface area contributed by atoms with E-state index in [2.05, 4.69) is 5.43 Å². The van der Waals surface area contributed by atoms with Crippen LogP contribution in [-0.4, -0.2) is 12.2 Å². The summed E-state index contributed by atoms with van der Waals surface area (Å²) >= 11 is 0. The third-order valence-electron chi connectivity index (χ3n) is 1.95. The van der Waals surface area contributed by atoms with Crippen molar-refractivity contribution in [2.75, 3.05) is 7.11 Å². The molecule has 0 radical (unpaired) electrons. The van der Waals surface area contributed by atoms with Gasteiger partial charge in [-0.05, 0) is 24.6 Å². The zero-order chi connectivity index (χ0) is 9.84. The number of ether oxygens (including phenoxy) is 1. The molecule has 0 saturated heterocycles. The Labute approximate surface area is 77.3 Å². The van der Waals surface area contributed by atoms with Crippen molar-refractivity contribution < 1.29 is 9.84 Å². The summed E-state index contributed by atoms with van der Waals surface area (Å²) in [6.45, 7) is 1.92. The van der Waals surface area contributed by atoms with Gasteiger partial charge in [-0.15, -0.1) is 0 Å². The molecule has 0 aliphatic rings. The highest BCUT2D eigenvalue weighted by atomic mass is 16.5. The van der Waals surface area contributed by atoms with Crippen LogP contribution in [0.3, 0.4) is 0 Å². The van der Waals surface area contributed by atoms with Crippen LogP contribution in [0.25, 0.3) is 0 Å². The molecule has 0 fully saturated rings. The van der Waals surface area contributed by atoms with Gasteiger partial charge in [0.2, 0.25) is 0 Å². The fourth-order valence-corrected chi connectivity index (χ4v) is 1.06. The van der Waals surface area contributed by atoms with Crippen LogP contribution in [0.1, 0.15) is 18.5 Å². The van der Waals surface area contributed by atoms with Gasteiger partial charge in [-0.25, -0.2) is 0 Å². The summed E-state index contributed by atoms with van der Waals surface area (Å²) in [5, 5.41) is 9.31. The van der Waals surface area contributed by atoms with Crippen LogP contribution < -0.4 is 16.0 Å². The average Bonchev–Trinajstić information content (AvgIpc) is 2.17. The van der Waals surface area contributed by atoms with Gasteiger partial charge < -0.3 is 9.84 Å². The summed E-state index contributed by atoms with van der Waals surface area (Å²) in [4.78, 5) is 0. The standard InChI is InChI=1S/C9H14N2O2/c1-6(11-10)7-3-4-8(12)9(5-7)13-2/h3-6,11-12H,10H2,1-2H3/t6-/m0/s1. The van der Waals surface area contributed by atoms with Crippen molar-refractivity contribution in [3.63, 3.8) is 0 Å². The van der Waals surface area contributed by atoms with E-state index in [9.17, 15) is 5.11 Å². The number of benzene rings is 1. The Morgan fingerprint density at radius 3 is 2.77 bits per heavy atom. The molecular formula is C9H14N2O2. The molecule has 1 atom stereocenters. The second-order valence-corrected chi connectivity index (χ2v) is 2.82. The molecule has 13 heavy (non-hydrogen) atoms. The van der Waals surface area contributed by atoms with E-state index in [1.165, 1.54) is 7.11 Å². The van der Waals surface area contributed by atoms with Crippen LogP contribution >= 0.6 is 0 Å². The van der Waals surface area contributed by atoms with Crippen LogP contribution in [-0.2, 0) is 0 Å². The largest absolute Gasteiger partial charge is 0.504 e. The SMILES string of the molecule is COc1cc([C@H](C)NN)ccc1O. The maximum atomic E-state index is 9.31. The van der Waals surface area contributed by atoms with Gasteiger partial charge in [0.25, 0.3) is 0 Å². The topological polar surface area (TPSA) is 67.5 Å². The van der Waals surface area contributed by atoms with Crippen molar-refractivity contribution in [1.29, 1.82) is 0 Å². The smallest absolute Gasteiger partial charge is 0.160 e. The minimum Gasteiger partial charge on any atom is -0.504 e. The zero-order valence-electron chi connectivity index (χ0n) is 7.74. The summed E-state index contributed by atoms with van der Waals surface area (Å²) in [5.41, 5.74) is 3.58. The number of hydrazine groups is 1. The van der Waals surface area contributed by atoms with Crippen LogP contribution in [0.4, 0.5) is 0 Å². The molecule has 0 spiro atoms. The van der Waals surface area contributed by atoms with Gasteiger partial charge in [-0.1, -0.05) is 6.07 Å². The van der Waals surface area contributed by atoms with Gasteiger partial charge in [-0.3, -0.25) is 11.3 Å². The van der Waals surface area contributed by atoms with Crippen LogP contribution in [0.2, 0.25) is 0 Å². The van der Waals surface area contributed by atoms with Gasteiger partial charge in [0.15, 0.2) is 11.5 Å². The summed E-state index contributed by atoms with van der Waals surface area (Å²) in [6.07, 6.45) is 0. The van der Waals surface area contributed by atoms with E-state index in [1.807, 2.05) is 6.92 Å². The molecule has 4 nitrogen and oxygen atoms in total. The summed E-state index contributed by atoms with van der Waals surface area (Å²) in [7, 11) is 1.51. The Hall–Kier alpha value is -1.26. The number of rotatable bonds is 3. The van der Waals surface area contributed by atoms with Crippen molar-refractivity contribution >= 4 is 0 Å². The number of phenols is 1. The van der Waals surface area contributed by atoms with Gasteiger partial charge >= 0.3 is 0 Å². The number of methoxy groups -OCH3 is 1. The monoisotopic (exact) mass is 182 g/mol. The first kappa shape index (κ1) is 9.83. The van der Waals surface area contributed by atoms with Crippen LogP contribution in [0, 0.1) is 0 Å². The minimum absolute atomic E-state index is 0.0366. The number of nitrogens with one attached hydrogen (secondary N) is 1. The minimum atomic E-state index is 0.0366. The first-order valence-electron chi connectivity index (χ1n) is 4.02. The molecule has 0 saturated carbocycles. The summed E-state index contributed by atoms with van der Waals surface area (Å²) < 4.78 is 4.96. The first-order valence-corrected chi connectivity index (χ1v) is 4.02. The zero-order valence-corrected chi connectivity index (χ0v) is 7.74. The van der Waals surface area contributed by atoms with E-state index in [1.54, 1.807) is 18.2 Å². The lowest BCUT2D eigenvalue weighted by Gasteiger charge is -2.12. The van der Waals surface area contributed by atoms with Crippen LogP contribution in [0.5, 0.6) is 11.5 Å². The van der Waals surface area contributed by atoms with E-state index in [-0.39, 0.29) is 11.8 Å². The number of phenolic OH excluding ortho intramolecular Hbond substituents is 1. The Bertz CT molecular complexity index is 289. The number of hydrogen-bond donors (Lipinski definition) is 3. The Morgan fingerprint density at radius 2 is 2.23 bits per heavy atom. The molecule has 0 aliphatic carbocycles. The molecule has 4 heteroatoms. The van der Waals surface area contributed by atoms with Crippen LogP contribution in [0.15, 0.2) is 18.2 Å². The molecule has 72 valence electrons. The van der Waals surface area contributed by atoms with E-state index < -0.39 is 0 Å². The molecule has 0 heterocycles. The first-order chi connectivity index (χ1) is 6.19. The molecule has 4 N–H and O–H groups in total. The van der Waals surface area contributed by atoms with Gasteiger partial charge in [0.05, 0.1) is 7.11 Å². The van der Waals surface area contributed by atoms with E-state index in [4.69, 9.17) is 10.6 Å². The number of nitrogens with two attached hydrogens (primary N) is 1. The summed E-state index contributed by atoms with van der Waals surface area (Å²) in [5.74, 6) is 5.87. The lowest BCUT2D eigenvalue weighted by Crippen LogP contribution is -2.25. The molecule has 1 aromatic carbocycles. The maximum absolute atomic E-state index is 9.31. The molecule has 1 aromatic rings. The lowest BCUT2D eigenvalue weighted by molar-refractivity contribution is 0.372. The fourth-order valence-electron chi connectivity index (χ4n) is 1.06. The summed E-state index contributed by atoms with van der Waals surface area (Å²) in [6, 6.07) is 5.17. The molecule has 0 aromatic heterocycles. The molecule has 0 unspecified atom stereocenters. The fraction of sp³-hybridized carbons (Fsp3) is 0.333. The van der Waals surface area contributed by atoms with Gasteiger partial charge in [0, 0.05) is 6.04 Å². The highest BCUT2D eigenvalue weighted by Gasteiger charge is 2.06.